The standard InChI is InChI=1S/C13H11F3N2O2/c1-7-2-5-11(20-7)12(19)18-8-3-4-10(17)9(6-8)13(14,15)16/h2-6H,17H2,1H3,(H,18,19). The monoisotopic (exact) mass is 284 g/mol. The van der Waals surface area contributed by atoms with E-state index in [9.17, 15) is 18.0 Å². The van der Waals surface area contributed by atoms with Gasteiger partial charge in [0.15, 0.2) is 5.76 Å². The number of aryl methyl sites for hydroxylation is 1. The third kappa shape index (κ3) is 2.93. The van der Waals surface area contributed by atoms with E-state index in [2.05, 4.69) is 5.32 Å². The van der Waals surface area contributed by atoms with Gasteiger partial charge in [0.2, 0.25) is 0 Å². The molecule has 7 heteroatoms. The number of anilines is 2. The predicted octanol–water partition coefficient (Wildman–Crippen LogP) is 3.44. The average Bonchev–Trinajstić information content (AvgIpc) is 2.77. The van der Waals surface area contributed by atoms with Crippen molar-refractivity contribution in [3.63, 3.8) is 0 Å². The summed E-state index contributed by atoms with van der Waals surface area (Å²) in [6.07, 6.45) is -4.58. The second-order valence-corrected chi connectivity index (χ2v) is 4.16. The topological polar surface area (TPSA) is 68.3 Å². The third-order valence-electron chi connectivity index (χ3n) is 2.58. The van der Waals surface area contributed by atoms with Crippen LogP contribution < -0.4 is 11.1 Å². The molecule has 0 spiro atoms. The van der Waals surface area contributed by atoms with Crippen molar-refractivity contribution >= 4 is 17.3 Å². The van der Waals surface area contributed by atoms with E-state index in [1.54, 1.807) is 13.0 Å². The molecule has 0 radical (unpaired) electrons. The highest BCUT2D eigenvalue weighted by atomic mass is 19.4. The van der Waals surface area contributed by atoms with E-state index in [0.29, 0.717) is 5.76 Å². The van der Waals surface area contributed by atoms with E-state index in [1.807, 2.05) is 0 Å². The van der Waals surface area contributed by atoms with Gasteiger partial charge in [-0.05, 0) is 37.3 Å². The van der Waals surface area contributed by atoms with Gasteiger partial charge in [0.1, 0.15) is 5.76 Å². The van der Waals surface area contributed by atoms with Crippen LogP contribution in [0.2, 0.25) is 0 Å². The van der Waals surface area contributed by atoms with E-state index in [-0.39, 0.29) is 11.4 Å². The van der Waals surface area contributed by atoms with Crippen molar-refractivity contribution in [3.8, 4) is 0 Å². The van der Waals surface area contributed by atoms with Gasteiger partial charge in [-0.2, -0.15) is 13.2 Å². The molecule has 106 valence electrons. The normalized spacial score (nSPS) is 11.4. The minimum absolute atomic E-state index is 0.00872. The van der Waals surface area contributed by atoms with Crippen LogP contribution in [0.1, 0.15) is 21.9 Å². The van der Waals surface area contributed by atoms with Crippen LogP contribution >= 0.6 is 0 Å². The molecule has 0 aliphatic heterocycles. The zero-order chi connectivity index (χ0) is 14.9. The number of carbonyl (C=O) groups is 1. The minimum atomic E-state index is -4.58. The summed E-state index contributed by atoms with van der Waals surface area (Å²) in [5.74, 6) is -0.0766. The Morgan fingerprint density at radius 1 is 1.25 bits per heavy atom. The number of carbonyl (C=O) groups excluding carboxylic acids is 1. The number of benzene rings is 1. The zero-order valence-corrected chi connectivity index (χ0v) is 10.4. The van der Waals surface area contributed by atoms with Gasteiger partial charge in [0, 0.05) is 11.4 Å². The number of alkyl halides is 3. The molecule has 1 aromatic carbocycles. The van der Waals surface area contributed by atoms with Crippen LogP contribution in [0.4, 0.5) is 24.5 Å². The molecule has 0 bridgehead atoms. The number of halogens is 3. The number of rotatable bonds is 2. The molecule has 3 N–H and O–H groups in total. The van der Waals surface area contributed by atoms with Crippen LogP contribution in [0.25, 0.3) is 0 Å². The van der Waals surface area contributed by atoms with E-state index in [1.165, 1.54) is 12.1 Å². The lowest BCUT2D eigenvalue weighted by atomic mass is 10.1. The molecule has 0 fully saturated rings. The highest BCUT2D eigenvalue weighted by Gasteiger charge is 2.33. The molecule has 2 rings (SSSR count). The first-order chi connectivity index (χ1) is 9.27. The molecule has 2 aromatic rings. The van der Waals surface area contributed by atoms with Gasteiger partial charge in [-0.15, -0.1) is 0 Å². The summed E-state index contributed by atoms with van der Waals surface area (Å²) in [7, 11) is 0. The van der Waals surface area contributed by atoms with Gasteiger partial charge in [-0.3, -0.25) is 4.79 Å². The number of nitrogen functional groups attached to an aromatic ring is 1. The van der Waals surface area contributed by atoms with Gasteiger partial charge in [0.25, 0.3) is 5.91 Å². The fraction of sp³-hybridized carbons (Fsp3) is 0.154. The molecule has 0 saturated carbocycles. The SMILES string of the molecule is Cc1ccc(C(=O)Nc2ccc(N)c(C(F)(F)F)c2)o1. The maximum atomic E-state index is 12.7. The summed E-state index contributed by atoms with van der Waals surface area (Å²) in [6, 6.07) is 6.18. The van der Waals surface area contributed by atoms with Gasteiger partial charge >= 0.3 is 6.18 Å². The Hall–Kier alpha value is -2.44. The number of nitrogens with one attached hydrogen (secondary N) is 1. The van der Waals surface area contributed by atoms with E-state index < -0.39 is 23.3 Å². The van der Waals surface area contributed by atoms with Crippen LogP contribution in [0.5, 0.6) is 0 Å². The Kier molecular flexibility index (Phi) is 3.44. The Morgan fingerprint density at radius 3 is 2.50 bits per heavy atom. The van der Waals surface area contributed by atoms with Crippen molar-refractivity contribution in [2.45, 2.75) is 13.1 Å². The van der Waals surface area contributed by atoms with Crippen molar-refractivity contribution < 1.29 is 22.4 Å². The third-order valence-corrected chi connectivity index (χ3v) is 2.58. The molecular formula is C13H11F3N2O2. The van der Waals surface area contributed by atoms with Gasteiger partial charge in [-0.25, -0.2) is 0 Å². The highest BCUT2D eigenvalue weighted by molar-refractivity contribution is 6.02. The molecule has 0 unspecified atom stereocenters. The average molecular weight is 284 g/mol. The van der Waals surface area contributed by atoms with Crippen molar-refractivity contribution in [3.05, 3.63) is 47.4 Å². The molecule has 0 aliphatic carbocycles. The number of nitrogens with two attached hydrogens (primary N) is 1. The Morgan fingerprint density at radius 2 is 1.95 bits per heavy atom. The first-order valence-corrected chi connectivity index (χ1v) is 5.62. The zero-order valence-electron chi connectivity index (χ0n) is 10.4. The van der Waals surface area contributed by atoms with Crippen LogP contribution in [0, 0.1) is 6.92 Å². The molecule has 0 aliphatic rings. The molecule has 0 saturated heterocycles. The quantitative estimate of drug-likeness (QED) is 0.830. The van der Waals surface area contributed by atoms with Gasteiger partial charge in [0.05, 0.1) is 5.56 Å². The van der Waals surface area contributed by atoms with Crippen LogP contribution in [0.3, 0.4) is 0 Å². The maximum absolute atomic E-state index is 12.7. The largest absolute Gasteiger partial charge is 0.456 e. The molecule has 4 nitrogen and oxygen atoms in total. The fourth-order valence-corrected chi connectivity index (χ4v) is 1.63. The lowest BCUT2D eigenvalue weighted by Gasteiger charge is -2.12. The minimum Gasteiger partial charge on any atom is -0.456 e. The lowest BCUT2D eigenvalue weighted by molar-refractivity contribution is -0.136. The molecule has 0 atom stereocenters. The smallest absolute Gasteiger partial charge is 0.418 e. The van der Waals surface area contributed by atoms with E-state index in [0.717, 1.165) is 12.1 Å². The van der Waals surface area contributed by atoms with Crippen LogP contribution in [-0.4, -0.2) is 5.91 Å². The predicted molar refractivity (Wildman–Crippen MR) is 67.3 cm³/mol. The first kappa shape index (κ1) is 14.0. The lowest BCUT2D eigenvalue weighted by Crippen LogP contribution is -2.13. The fourth-order valence-electron chi connectivity index (χ4n) is 1.63. The molecule has 1 aromatic heterocycles. The first-order valence-electron chi connectivity index (χ1n) is 5.62. The Labute approximate surface area is 112 Å². The number of amides is 1. The Balaban J connectivity index is 2.24. The second-order valence-electron chi connectivity index (χ2n) is 4.16. The van der Waals surface area contributed by atoms with Gasteiger partial charge < -0.3 is 15.5 Å². The maximum Gasteiger partial charge on any atom is 0.418 e. The number of furan rings is 1. The summed E-state index contributed by atoms with van der Waals surface area (Å²) >= 11 is 0. The second kappa shape index (κ2) is 4.92. The summed E-state index contributed by atoms with van der Waals surface area (Å²) in [6.45, 7) is 1.65. The number of hydrogen-bond donors (Lipinski definition) is 2. The van der Waals surface area contributed by atoms with Gasteiger partial charge in [-0.1, -0.05) is 0 Å². The van der Waals surface area contributed by atoms with Crippen molar-refractivity contribution in [2.75, 3.05) is 11.1 Å². The Bertz CT molecular complexity index is 647. The van der Waals surface area contributed by atoms with Crippen LogP contribution in [-0.2, 0) is 6.18 Å². The van der Waals surface area contributed by atoms with E-state index >= 15 is 0 Å². The summed E-state index contributed by atoms with van der Waals surface area (Å²) in [4.78, 5) is 11.8. The van der Waals surface area contributed by atoms with Crippen molar-refractivity contribution in [1.82, 2.24) is 0 Å². The molecule has 20 heavy (non-hydrogen) atoms. The molecule has 1 amide bonds. The van der Waals surface area contributed by atoms with Crippen LogP contribution in [0.15, 0.2) is 34.7 Å². The molecular weight excluding hydrogens is 273 g/mol. The van der Waals surface area contributed by atoms with Crippen molar-refractivity contribution in [2.24, 2.45) is 0 Å². The van der Waals surface area contributed by atoms with Crippen molar-refractivity contribution in [1.29, 1.82) is 0 Å². The molecule has 1 heterocycles. The van der Waals surface area contributed by atoms with E-state index in [4.69, 9.17) is 10.2 Å². The summed E-state index contributed by atoms with van der Waals surface area (Å²) in [5, 5.41) is 2.32. The highest BCUT2D eigenvalue weighted by Crippen LogP contribution is 2.35. The number of hydrogen-bond acceptors (Lipinski definition) is 3. The summed E-state index contributed by atoms with van der Waals surface area (Å²) in [5.41, 5.74) is 3.87. The summed E-state index contributed by atoms with van der Waals surface area (Å²) < 4.78 is 43.1.